The lowest BCUT2D eigenvalue weighted by molar-refractivity contribution is -0.138. The van der Waals surface area contributed by atoms with Gasteiger partial charge in [0.05, 0.1) is 47.5 Å². The number of nitrogens with one attached hydrogen (secondary N) is 2. The van der Waals surface area contributed by atoms with Crippen LogP contribution in [0.3, 0.4) is 0 Å². The number of thiocarbonyl (C=S) groups is 1. The molecule has 2 N–H and O–H groups in total. The first-order valence-corrected chi connectivity index (χ1v) is 19.6. The van der Waals surface area contributed by atoms with Crippen molar-refractivity contribution in [3.8, 4) is 6.07 Å². The molecule has 2 aromatic heterocycles. The summed E-state index contributed by atoms with van der Waals surface area (Å²) in [6.45, 7) is 10.6. The number of hydrogen-bond acceptors (Lipinski definition) is 10. The van der Waals surface area contributed by atoms with Gasteiger partial charge in [0.2, 0.25) is 17.7 Å². The third-order valence-electron chi connectivity index (χ3n) is 11.7. The molecule has 3 saturated heterocycles. The Kier molecular flexibility index (Phi) is 13.6. The largest absolute Gasteiger partial charge is 0.419 e. The average molecular weight is 832 g/mol. The van der Waals surface area contributed by atoms with Gasteiger partial charge in [0, 0.05) is 37.6 Å². The molecule has 57 heavy (non-hydrogen) atoms. The molecule has 4 fully saturated rings. The van der Waals surface area contributed by atoms with Gasteiger partial charge in [0.1, 0.15) is 11.6 Å². The van der Waals surface area contributed by atoms with Crippen LogP contribution >= 0.6 is 24.6 Å². The minimum atomic E-state index is -4.81. The van der Waals surface area contributed by atoms with Crippen molar-refractivity contribution in [3.05, 3.63) is 47.5 Å². The second-order valence-corrected chi connectivity index (χ2v) is 16.4. The van der Waals surface area contributed by atoms with Crippen LogP contribution in [0.15, 0.2) is 30.6 Å². The van der Waals surface area contributed by atoms with E-state index in [1.54, 1.807) is 32.2 Å². The van der Waals surface area contributed by atoms with Gasteiger partial charge in [-0.15, -0.1) is 12.4 Å². The van der Waals surface area contributed by atoms with Crippen LogP contribution in [0, 0.1) is 17.2 Å². The number of hydrogen-bond donors (Lipinski definition) is 2. The second kappa shape index (κ2) is 17.7. The molecular weight excluding hydrogens is 783 g/mol. The lowest BCUT2D eigenvalue weighted by Crippen LogP contribution is -2.58. The second-order valence-electron chi connectivity index (χ2n) is 16.0. The summed E-state index contributed by atoms with van der Waals surface area (Å²) in [7, 11) is 0. The molecule has 3 atom stereocenters. The number of alkyl halides is 3. The zero-order valence-corrected chi connectivity index (χ0v) is 34.1. The summed E-state index contributed by atoms with van der Waals surface area (Å²) in [6.07, 6.45) is 4.13. The minimum absolute atomic E-state index is 0. The molecular formula is C39H49ClF3N9O4S. The van der Waals surface area contributed by atoms with E-state index in [1.807, 2.05) is 4.90 Å². The molecule has 18 heteroatoms. The number of carbonyl (C=O) groups excluding carboxylic acids is 4. The highest BCUT2D eigenvalue weighted by molar-refractivity contribution is 7.80. The summed E-state index contributed by atoms with van der Waals surface area (Å²) in [5.41, 5.74) is -2.01. The summed E-state index contributed by atoms with van der Waals surface area (Å²) in [6, 6.07) is 6.00. The first-order valence-electron chi connectivity index (χ1n) is 19.2. The number of aromatic nitrogens is 2. The van der Waals surface area contributed by atoms with E-state index in [0.29, 0.717) is 23.7 Å². The Bertz CT molecular complexity index is 1890. The third-order valence-corrected chi connectivity index (χ3v) is 12.1. The molecule has 13 nitrogen and oxygen atoms in total. The molecule has 3 aliphatic heterocycles. The first kappa shape index (κ1) is 43.9. The Hall–Kier alpha value is -4.24. The highest BCUT2D eigenvalue weighted by Crippen LogP contribution is 2.41. The quantitative estimate of drug-likeness (QED) is 0.234. The number of amides is 4. The predicted molar refractivity (Wildman–Crippen MR) is 212 cm³/mol. The molecule has 0 radical (unpaired) electrons. The lowest BCUT2D eigenvalue weighted by atomic mass is 9.82. The molecule has 4 amide bonds. The zero-order valence-electron chi connectivity index (χ0n) is 32.5. The molecule has 1 unspecified atom stereocenters. The maximum absolute atomic E-state index is 13.7. The van der Waals surface area contributed by atoms with E-state index < -0.39 is 34.8 Å². The monoisotopic (exact) mass is 831 g/mol. The number of piperazine rings is 1. The summed E-state index contributed by atoms with van der Waals surface area (Å²) in [4.78, 5) is 66.0. The van der Waals surface area contributed by atoms with Crippen molar-refractivity contribution in [1.82, 2.24) is 30.0 Å². The van der Waals surface area contributed by atoms with E-state index in [-0.39, 0.29) is 72.0 Å². The molecule has 0 aromatic carbocycles. The maximum atomic E-state index is 13.7. The van der Waals surface area contributed by atoms with E-state index >= 15 is 0 Å². The first-order chi connectivity index (χ1) is 26.5. The van der Waals surface area contributed by atoms with Gasteiger partial charge in [-0.2, -0.15) is 18.4 Å². The van der Waals surface area contributed by atoms with Crippen molar-refractivity contribution in [2.45, 2.75) is 115 Å². The van der Waals surface area contributed by atoms with Crippen molar-refractivity contribution < 1.29 is 32.3 Å². The summed E-state index contributed by atoms with van der Waals surface area (Å²) in [5, 5.41) is 14.6. The SMILES string of the molecule is C[C@@H]1CN(CCCC2CCC(N3C(=S)N(c4cnc(C#N)c(C(F)(F)F)c4)C(=O)C3(C)C)CC2)C[C@H](C)N1CC(=O)Nc1ccc(C2CCC(=O)NC2=O)nc1.Cl. The number of halogens is 4. The normalized spacial score (nSPS) is 25.8. The molecule has 6 rings (SSSR count). The Labute approximate surface area is 342 Å². The van der Waals surface area contributed by atoms with Crippen molar-refractivity contribution >= 4 is 64.7 Å². The molecule has 0 bridgehead atoms. The number of anilines is 2. The number of nitrogens with zero attached hydrogens (tertiary/aromatic N) is 7. The maximum Gasteiger partial charge on any atom is 0.419 e. The fourth-order valence-electron chi connectivity index (χ4n) is 8.81. The van der Waals surface area contributed by atoms with E-state index in [9.17, 15) is 32.3 Å². The Morgan fingerprint density at radius 2 is 1.74 bits per heavy atom. The van der Waals surface area contributed by atoms with Gasteiger partial charge < -0.3 is 15.1 Å². The predicted octanol–water partition coefficient (Wildman–Crippen LogP) is 5.39. The molecule has 4 aliphatic rings. The molecule has 2 aromatic rings. The Morgan fingerprint density at radius 1 is 1.05 bits per heavy atom. The van der Waals surface area contributed by atoms with Crippen LogP contribution in [0.5, 0.6) is 0 Å². The lowest BCUT2D eigenvalue weighted by Gasteiger charge is -2.44. The molecule has 308 valence electrons. The van der Waals surface area contributed by atoms with Gasteiger partial charge in [-0.1, -0.05) is 0 Å². The third kappa shape index (κ3) is 9.56. The fraction of sp³-hybridized carbons (Fsp3) is 0.590. The van der Waals surface area contributed by atoms with Crippen LogP contribution in [0.25, 0.3) is 0 Å². The number of nitriles is 1. The van der Waals surface area contributed by atoms with Crippen LogP contribution in [0.2, 0.25) is 0 Å². The molecule has 5 heterocycles. The van der Waals surface area contributed by atoms with Gasteiger partial charge in [-0.25, -0.2) is 4.98 Å². The van der Waals surface area contributed by atoms with E-state index in [0.717, 1.165) is 75.3 Å². The van der Waals surface area contributed by atoms with Crippen molar-refractivity contribution in [3.63, 3.8) is 0 Å². The standard InChI is InChI=1S/C39H48F3N9O4S.ClH/c1-23-20-48(21-24(2)49(23)22-34(53)46-26-9-13-31(44-18-26)29-12-14-33(52)47-35(29)54)15-5-6-25-7-10-27(11-8-25)51-37(56)50(36(55)38(51,3)4)28-16-30(39(40,41)42)32(17-43)45-19-28;/h9,13,16,18-19,23-25,27,29H,5-8,10-12,14-15,20-22H2,1-4H3,(H,46,53)(H,47,52,54);1H/t23-,24+,25?,27?,29?;. The number of pyridine rings is 2. The van der Waals surface area contributed by atoms with Crippen LogP contribution in [0.1, 0.15) is 102 Å². The summed E-state index contributed by atoms with van der Waals surface area (Å²) < 4.78 is 41.1. The molecule has 0 spiro atoms. The van der Waals surface area contributed by atoms with E-state index in [4.69, 9.17) is 17.5 Å². The van der Waals surface area contributed by atoms with Gasteiger partial charge in [0.15, 0.2) is 10.8 Å². The van der Waals surface area contributed by atoms with Gasteiger partial charge in [0.25, 0.3) is 5.91 Å². The van der Waals surface area contributed by atoms with Crippen LogP contribution < -0.4 is 15.5 Å². The van der Waals surface area contributed by atoms with Crippen molar-refractivity contribution in [2.24, 2.45) is 5.92 Å². The van der Waals surface area contributed by atoms with E-state index in [1.165, 1.54) is 6.07 Å². The minimum Gasteiger partial charge on any atom is -0.331 e. The van der Waals surface area contributed by atoms with Crippen LogP contribution in [0.4, 0.5) is 24.5 Å². The van der Waals surface area contributed by atoms with Crippen LogP contribution in [-0.4, -0.2) is 103 Å². The van der Waals surface area contributed by atoms with Gasteiger partial charge in [-0.05, 0) is 116 Å². The summed E-state index contributed by atoms with van der Waals surface area (Å²) >= 11 is 5.74. The topological polar surface area (TPSA) is 155 Å². The zero-order chi connectivity index (χ0) is 40.5. The highest BCUT2D eigenvalue weighted by Gasteiger charge is 2.53. The number of imide groups is 1. The number of carbonyl (C=O) groups is 4. The average Bonchev–Trinajstić information content (AvgIpc) is 3.32. The fourth-order valence-corrected chi connectivity index (χ4v) is 9.38. The summed E-state index contributed by atoms with van der Waals surface area (Å²) in [5.74, 6) is -1.16. The molecule has 1 saturated carbocycles. The Balaban J connectivity index is 0.00000620. The smallest absolute Gasteiger partial charge is 0.331 e. The van der Waals surface area contributed by atoms with Gasteiger partial charge in [-0.3, -0.25) is 39.3 Å². The van der Waals surface area contributed by atoms with Crippen LogP contribution in [-0.2, 0) is 25.4 Å². The molecule has 1 aliphatic carbocycles. The van der Waals surface area contributed by atoms with Crippen molar-refractivity contribution in [2.75, 3.05) is 36.4 Å². The van der Waals surface area contributed by atoms with E-state index in [2.05, 4.69) is 44.2 Å². The van der Waals surface area contributed by atoms with Crippen molar-refractivity contribution in [1.29, 1.82) is 5.26 Å². The Morgan fingerprint density at radius 3 is 2.33 bits per heavy atom. The highest BCUT2D eigenvalue weighted by atomic mass is 35.5. The van der Waals surface area contributed by atoms with Gasteiger partial charge >= 0.3 is 6.18 Å². The number of rotatable bonds is 10. The number of piperidine rings is 1.